The number of aliphatic hydroxyl groups excluding tert-OH is 1. The van der Waals surface area contributed by atoms with Crippen LogP contribution in [0.1, 0.15) is 43.8 Å². The van der Waals surface area contributed by atoms with E-state index in [-0.39, 0.29) is 0 Å². The van der Waals surface area contributed by atoms with Gasteiger partial charge in [-0.15, -0.1) is 6.58 Å². The Hall–Kier alpha value is -1.29. The number of hydrogen-bond acceptors (Lipinski definition) is 3. The van der Waals surface area contributed by atoms with Gasteiger partial charge in [-0.1, -0.05) is 18.9 Å². The molecule has 1 aromatic heterocycles. The number of aliphatic hydroxyl groups is 1. The number of nitrogens with two attached hydrogens (primary N) is 1. The standard InChI is InChI=1S/C12H21N3O/c1-3-4-5-6-7-8-11(16)10-9-14-15(2)12(10)13/h3,9,11,16H,1,4-8,13H2,2H3. The van der Waals surface area contributed by atoms with Crippen molar-refractivity contribution in [3.05, 3.63) is 24.4 Å². The minimum absolute atomic E-state index is 0.488. The Kier molecular flexibility index (Phi) is 5.05. The minimum atomic E-state index is -0.488. The number of aromatic nitrogens is 2. The average molecular weight is 223 g/mol. The molecule has 1 unspecified atom stereocenters. The van der Waals surface area contributed by atoms with Gasteiger partial charge in [-0.25, -0.2) is 0 Å². The first-order valence-electron chi connectivity index (χ1n) is 5.73. The van der Waals surface area contributed by atoms with Gasteiger partial charge < -0.3 is 10.8 Å². The molecular weight excluding hydrogens is 202 g/mol. The Bertz CT molecular complexity index is 333. The lowest BCUT2D eigenvalue weighted by atomic mass is 10.0. The minimum Gasteiger partial charge on any atom is -0.388 e. The van der Waals surface area contributed by atoms with Crippen molar-refractivity contribution in [2.75, 3.05) is 5.73 Å². The molecule has 0 fully saturated rings. The van der Waals surface area contributed by atoms with Crippen LogP contribution in [0, 0.1) is 0 Å². The quantitative estimate of drug-likeness (QED) is 0.550. The average Bonchev–Trinajstić information content (AvgIpc) is 2.59. The van der Waals surface area contributed by atoms with E-state index < -0.39 is 6.10 Å². The molecule has 1 aromatic rings. The summed E-state index contributed by atoms with van der Waals surface area (Å²) in [4.78, 5) is 0. The van der Waals surface area contributed by atoms with Gasteiger partial charge in [0.2, 0.25) is 0 Å². The van der Waals surface area contributed by atoms with Crippen LogP contribution in [0.3, 0.4) is 0 Å². The zero-order valence-electron chi connectivity index (χ0n) is 9.89. The van der Waals surface area contributed by atoms with E-state index in [4.69, 9.17) is 5.73 Å². The molecule has 1 heterocycles. The van der Waals surface area contributed by atoms with Crippen molar-refractivity contribution in [1.82, 2.24) is 9.78 Å². The maximum atomic E-state index is 9.92. The highest BCUT2D eigenvalue weighted by molar-refractivity contribution is 5.39. The summed E-state index contributed by atoms with van der Waals surface area (Å²) in [5.41, 5.74) is 6.52. The molecule has 0 spiro atoms. The summed E-state index contributed by atoms with van der Waals surface area (Å²) in [5.74, 6) is 0.554. The van der Waals surface area contributed by atoms with Crippen LogP contribution in [0.2, 0.25) is 0 Å². The van der Waals surface area contributed by atoms with Crippen molar-refractivity contribution in [3.63, 3.8) is 0 Å². The van der Waals surface area contributed by atoms with E-state index in [0.717, 1.165) is 37.7 Å². The van der Waals surface area contributed by atoms with E-state index in [1.165, 1.54) is 0 Å². The van der Waals surface area contributed by atoms with Gasteiger partial charge in [0.1, 0.15) is 5.82 Å². The Morgan fingerprint density at radius 3 is 2.88 bits per heavy atom. The lowest BCUT2D eigenvalue weighted by Crippen LogP contribution is -2.03. The van der Waals surface area contributed by atoms with Crippen LogP contribution in [-0.4, -0.2) is 14.9 Å². The molecule has 0 aliphatic carbocycles. The van der Waals surface area contributed by atoms with Crippen LogP contribution < -0.4 is 5.73 Å². The van der Waals surface area contributed by atoms with Crippen molar-refractivity contribution in [2.45, 2.75) is 38.2 Å². The maximum Gasteiger partial charge on any atom is 0.127 e. The highest BCUT2D eigenvalue weighted by Gasteiger charge is 2.13. The van der Waals surface area contributed by atoms with Gasteiger partial charge in [0, 0.05) is 12.6 Å². The molecular formula is C12H21N3O. The number of nitrogen functional groups attached to an aromatic ring is 1. The molecule has 4 heteroatoms. The van der Waals surface area contributed by atoms with Gasteiger partial charge >= 0.3 is 0 Å². The largest absolute Gasteiger partial charge is 0.388 e. The van der Waals surface area contributed by atoms with E-state index in [1.54, 1.807) is 17.9 Å². The van der Waals surface area contributed by atoms with E-state index in [9.17, 15) is 5.11 Å². The second kappa shape index (κ2) is 6.33. The van der Waals surface area contributed by atoms with E-state index in [0.29, 0.717) is 5.82 Å². The van der Waals surface area contributed by atoms with Crippen molar-refractivity contribution < 1.29 is 5.11 Å². The maximum absolute atomic E-state index is 9.92. The van der Waals surface area contributed by atoms with Gasteiger partial charge in [-0.05, 0) is 19.3 Å². The Morgan fingerprint density at radius 1 is 1.56 bits per heavy atom. The smallest absolute Gasteiger partial charge is 0.127 e. The van der Waals surface area contributed by atoms with Gasteiger partial charge in [-0.3, -0.25) is 4.68 Å². The third-order valence-corrected chi connectivity index (χ3v) is 2.76. The lowest BCUT2D eigenvalue weighted by molar-refractivity contribution is 0.164. The molecule has 0 amide bonds. The van der Waals surface area contributed by atoms with Gasteiger partial charge in [-0.2, -0.15) is 5.10 Å². The first-order chi connectivity index (χ1) is 7.66. The molecule has 1 atom stereocenters. The highest BCUT2D eigenvalue weighted by Crippen LogP contribution is 2.24. The van der Waals surface area contributed by atoms with Gasteiger partial charge in [0.05, 0.1) is 12.3 Å². The summed E-state index contributed by atoms with van der Waals surface area (Å²) < 4.78 is 1.58. The molecule has 1 rings (SSSR count). The normalized spacial score (nSPS) is 12.6. The SMILES string of the molecule is C=CCCCCCC(O)c1cnn(C)c1N. The van der Waals surface area contributed by atoms with Crippen molar-refractivity contribution in [2.24, 2.45) is 7.05 Å². The van der Waals surface area contributed by atoms with Crippen molar-refractivity contribution in [1.29, 1.82) is 0 Å². The summed E-state index contributed by atoms with van der Waals surface area (Å²) in [6.45, 7) is 3.68. The van der Waals surface area contributed by atoms with Crippen LogP contribution in [-0.2, 0) is 7.05 Å². The number of hydrogen-bond donors (Lipinski definition) is 2. The van der Waals surface area contributed by atoms with Gasteiger partial charge in [0.15, 0.2) is 0 Å². The lowest BCUT2D eigenvalue weighted by Gasteiger charge is -2.09. The zero-order chi connectivity index (χ0) is 12.0. The monoisotopic (exact) mass is 223 g/mol. The molecule has 0 aromatic carbocycles. The van der Waals surface area contributed by atoms with Crippen LogP contribution in [0.15, 0.2) is 18.9 Å². The topological polar surface area (TPSA) is 64.1 Å². The second-order valence-corrected chi connectivity index (χ2v) is 4.05. The van der Waals surface area contributed by atoms with Gasteiger partial charge in [0.25, 0.3) is 0 Å². The Labute approximate surface area is 96.8 Å². The first kappa shape index (κ1) is 12.8. The van der Waals surface area contributed by atoms with Crippen molar-refractivity contribution in [3.8, 4) is 0 Å². The molecule has 0 radical (unpaired) electrons. The van der Waals surface area contributed by atoms with Crippen LogP contribution in [0.5, 0.6) is 0 Å². The highest BCUT2D eigenvalue weighted by atomic mass is 16.3. The molecule has 3 N–H and O–H groups in total. The summed E-state index contributed by atoms with van der Waals surface area (Å²) in [7, 11) is 1.77. The molecule has 0 bridgehead atoms. The fourth-order valence-corrected chi connectivity index (χ4v) is 1.68. The van der Waals surface area contributed by atoms with Crippen molar-refractivity contribution >= 4 is 5.82 Å². The molecule has 0 saturated carbocycles. The number of unbranched alkanes of at least 4 members (excludes halogenated alkanes) is 3. The number of allylic oxidation sites excluding steroid dienone is 1. The molecule has 16 heavy (non-hydrogen) atoms. The number of nitrogens with zero attached hydrogens (tertiary/aromatic N) is 2. The Balaban J connectivity index is 2.32. The third-order valence-electron chi connectivity index (χ3n) is 2.76. The van der Waals surface area contributed by atoms with E-state index in [2.05, 4.69) is 11.7 Å². The summed E-state index contributed by atoms with van der Waals surface area (Å²) >= 11 is 0. The third kappa shape index (κ3) is 3.38. The number of aryl methyl sites for hydroxylation is 1. The Morgan fingerprint density at radius 2 is 2.31 bits per heavy atom. The fraction of sp³-hybridized carbons (Fsp3) is 0.583. The van der Waals surface area contributed by atoms with E-state index >= 15 is 0 Å². The predicted octanol–water partition coefficient (Wildman–Crippen LogP) is 2.17. The zero-order valence-corrected chi connectivity index (χ0v) is 9.89. The van der Waals surface area contributed by atoms with Crippen LogP contribution in [0.25, 0.3) is 0 Å². The second-order valence-electron chi connectivity index (χ2n) is 4.05. The first-order valence-corrected chi connectivity index (χ1v) is 5.73. The summed E-state index contributed by atoms with van der Waals surface area (Å²) in [6.07, 6.45) is 8.13. The predicted molar refractivity (Wildman–Crippen MR) is 65.9 cm³/mol. The number of rotatable bonds is 7. The van der Waals surface area contributed by atoms with E-state index in [1.807, 2.05) is 6.08 Å². The van der Waals surface area contributed by atoms with Crippen LogP contribution >= 0.6 is 0 Å². The molecule has 4 nitrogen and oxygen atoms in total. The molecule has 0 aliphatic heterocycles. The molecule has 0 saturated heterocycles. The summed E-state index contributed by atoms with van der Waals surface area (Å²) in [6, 6.07) is 0. The summed E-state index contributed by atoms with van der Waals surface area (Å²) in [5, 5.41) is 13.9. The fourth-order valence-electron chi connectivity index (χ4n) is 1.68. The molecule has 0 aliphatic rings. The van der Waals surface area contributed by atoms with Crippen LogP contribution in [0.4, 0.5) is 5.82 Å². The number of anilines is 1. The molecule has 90 valence electrons.